The van der Waals surface area contributed by atoms with Gasteiger partial charge in [0.25, 0.3) is 0 Å². The van der Waals surface area contributed by atoms with Crippen molar-refractivity contribution in [3.05, 3.63) is 53.1 Å². The predicted molar refractivity (Wildman–Crippen MR) is 123 cm³/mol. The fourth-order valence-electron chi connectivity index (χ4n) is 5.09. The number of methoxy groups -OCH3 is 1. The molecule has 1 N–H and O–H groups in total. The molecule has 1 unspecified atom stereocenters. The maximum absolute atomic E-state index is 6.47. The molecule has 166 valence electrons. The second-order valence-corrected chi connectivity index (χ2v) is 9.27. The first-order chi connectivity index (χ1) is 15.1. The summed E-state index contributed by atoms with van der Waals surface area (Å²) in [6.07, 6.45) is 10.3. The summed E-state index contributed by atoms with van der Waals surface area (Å²) >= 11 is 6.47. The molecule has 0 radical (unpaired) electrons. The van der Waals surface area contributed by atoms with Crippen LogP contribution in [0.4, 0.5) is 0 Å². The average Bonchev–Trinajstić information content (AvgIpc) is 3.24. The number of aromatic nitrogens is 1. The van der Waals surface area contributed by atoms with E-state index in [9.17, 15) is 0 Å². The molecule has 0 saturated carbocycles. The number of ether oxygens (including phenoxy) is 1. The van der Waals surface area contributed by atoms with Crippen molar-refractivity contribution in [2.24, 2.45) is 4.99 Å². The molecule has 2 saturated heterocycles. The fraction of sp³-hybridized carbons (Fsp3) is 0.565. The van der Waals surface area contributed by atoms with Gasteiger partial charge < -0.3 is 24.8 Å². The molecule has 31 heavy (non-hydrogen) atoms. The van der Waals surface area contributed by atoms with E-state index in [0.717, 1.165) is 57.1 Å². The number of hydrogen-bond donors (Lipinski definition) is 1. The molecule has 1 aromatic rings. The van der Waals surface area contributed by atoms with E-state index in [-0.39, 0.29) is 24.2 Å². The lowest BCUT2D eigenvalue weighted by molar-refractivity contribution is 0.0403. The average molecular weight is 443 g/mol. The van der Waals surface area contributed by atoms with Gasteiger partial charge in [0, 0.05) is 52.1 Å². The lowest BCUT2D eigenvalue weighted by Crippen LogP contribution is -2.51. The van der Waals surface area contributed by atoms with Crippen LogP contribution >= 0.6 is 11.6 Å². The van der Waals surface area contributed by atoms with E-state index >= 15 is 0 Å². The van der Waals surface area contributed by atoms with E-state index in [1.54, 1.807) is 7.11 Å². The van der Waals surface area contributed by atoms with Crippen LogP contribution in [0, 0.1) is 0 Å². The Morgan fingerprint density at radius 3 is 2.81 bits per heavy atom. The summed E-state index contributed by atoms with van der Waals surface area (Å²) in [7, 11) is 3.99. The van der Waals surface area contributed by atoms with Crippen molar-refractivity contribution in [2.75, 3.05) is 46.9 Å². The van der Waals surface area contributed by atoms with Gasteiger partial charge in [-0.1, -0.05) is 17.7 Å². The van der Waals surface area contributed by atoms with Gasteiger partial charge in [0.1, 0.15) is 11.7 Å². The summed E-state index contributed by atoms with van der Waals surface area (Å²) in [6.45, 7) is 5.18. The van der Waals surface area contributed by atoms with Crippen molar-refractivity contribution in [1.82, 2.24) is 25.0 Å². The Hall–Kier alpha value is -1.93. The number of piperidine rings is 1. The van der Waals surface area contributed by atoms with E-state index in [1.807, 2.05) is 18.3 Å². The highest BCUT2D eigenvalue weighted by Crippen LogP contribution is 2.34. The largest absolute Gasteiger partial charge is 0.381 e. The van der Waals surface area contributed by atoms with Crippen molar-refractivity contribution in [3.8, 4) is 0 Å². The second kappa shape index (κ2) is 8.90. The number of allylic oxidation sites excluding steroid dienone is 2. The molecule has 0 aromatic carbocycles. The highest BCUT2D eigenvalue weighted by molar-refractivity contribution is 6.31. The summed E-state index contributed by atoms with van der Waals surface area (Å²) in [4.78, 5) is 16.9. The normalized spacial score (nSPS) is 31.5. The summed E-state index contributed by atoms with van der Waals surface area (Å²) in [6, 6.07) is 4.22. The minimum Gasteiger partial charge on any atom is -0.381 e. The number of hydrogen-bond acceptors (Lipinski definition) is 7. The topological polar surface area (TPSA) is 56.2 Å². The van der Waals surface area contributed by atoms with Gasteiger partial charge in [0.2, 0.25) is 0 Å². The van der Waals surface area contributed by atoms with Crippen molar-refractivity contribution in [2.45, 2.75) is 37.1 Å². The number of pyridine rings is 1. The Labute approximate surface area is 189 Å². The number of halogens is 1. The third kappa shape index (κ3) is 4.24. The number of amidine groups is 1. The zero-order chi connectivity index (χ0) is 21.4. The number of nitrogens with zero attached hydrogens (tertiary/aromatic N) is 5. The number of fused-ring (bicyclic) bond motifs is 1. The number of likely N-dealkylation sites (N-methyl/N-ethyl adjacent to an activating group) is 1. The minimum atomic E-state index is 0.0680. The predicted octanol–water partition coefficient (Wildman–Crippen LogP) is 2.28. The number of rotatable bonds is 4. The van der Waals surface area contributed by atoms with Crippen molar-refractivity contribution >= 4 is 17.4 Å². The molecule has 0 amide bonds. The van der Waals surface area contributed by atoms with Gasteiger partial charge in [-0.3, -0.25) is 9.98 Å². The third-order valence-corrected chi connectivity index (χ3v) is 7.20. The highest BCUT2D eigenvalue weighted by Gasteiger charge is 2.40. The fourth-order valence-corrected chi connectivity index (χ4v) is 5.34. The lowest BCUT2D eigenvalue weighted by atomic mass is 9.90. The molecular formula is C23H31ClN6O. The van der Waals surface area contributed by atoms with Crippen LogP contribution in [-0.2, 0) is 4.74 Å². The van der Waals surface area contributed by atoms with Crippen molar-refractivity contribution < 1.29 is 4.74 Å². The van der Waals surface area contributed by atoms with Crippen LogP contribution in [0.1, 0.15) is 24.6 Å². The summed E-state index contributed by atoms with van der Waals surface area (Å²) in [5, 5.41) is 4.50. The molecule has 2 fully saturated rings. The Morgan fingerprint density at radius 1 is 1.19 bits per heavy atom. The monoisotopic (exact) mass is 442 g/mol. The van der Waals surface area contributed by atoms with Crippen molar-refractivity contribution in [1.29, 1.82) is 0 Å². The molecule has 4 aliphatic heterocycles. The van der Waals surface area contributed by atoms with Gasteiger partial charge in [-0.2, -0.15) is 0 Å². The van der Waals surface area contributed by atoms with Crippen molar-refractivity contribution in [3.63, 3.8) is 0 Å². The first-order valence-electron chi connectivity index (χ1n) is 11.2. The molecule has 0 spiro atoms. The zero-order valence-corrected chi connectivity index (χ0v) is 19.0. The van der Waals surface area contributed by atoms with Crippen LogP contribution in [0.2, 0.25) is 5.02 Å². The standard InChI is InChI=1S/C23H31ClN6O/c1-28-9-11-29(12-10-28)22-7-3-6-21-27-20(15-30(21)22)18-13-16(31-2)14-19(26-18)23-17(24)5-4-8-25-23/h3-8,16,18-20,26H,9-15H2,1-2H3/t16-,18-,19+,20?/m1/s1. The molecule has 8 heteroatoms. The Bertz CT molecular complexity index is 894. The summed E-state index contributed by atoms with van der Waals surface area (Å²) in [5.41, 5.74) is 0.900. The highest BCUT2D eigenvalue weighted by atomic mass is 35.5. The molecule has 1 aromatic heterocycles. The SMILES string of the molecule is CO[C@H]1C[C@@H](c2ncccc2Cl)N[C@@H](C2CN3C(N4CCN(C)CC4)=CC=CC3=N2)C1. The number of nitrogens with one attached hydrogen (secondary N) is 1. The molecule has 0 aliphatic carbocycles. The molecular weight excluding hydrogens is 412 g/mol. The van der Waals surface area contributed by atoms with Crippen LogP contribution in [-0.4, -0.2) is 90.6 Å². The first-order valence-corrected chi connectivity index (χ1v) is 11.6. The molecule has 5 rings (SSSR count). The Balaban J connectivity index is 1.33. The van der Waals surface area contributed by atoms with Gasteiger partial charge in [-0.15, -0.1) is 0 Å². The van der Waals surface area contributed by atoms with E-state index < -0.39 is 0 Å². The lowest BCUT2D eigenvalue weighted by Gasteiger charge is -2.40. The van der Waals surface area contributed by atoms with E-state index in [4.69, 9.17) is 21.3 Å². The molecule has 4 aliphatic rings. The second-order valence-electron chi connectivity index (χ2n) is 8.86. The molecule has 5 heterocycles. The van der Waals surface area contributed by atoms with Gasteiger partial charge in [-0.05, 0) is 44.2 Å². The van der Waals surface area contributed by atoms with Gasteiger partial charge in [-0.25, -0.2) is 0 Å². The molecule has 7 nitrogen and oxygen atoms in total. The molecule has 4 atom stereocenters. The maximum atomic E-state index is 6.47. The van der Waals surface area contributed by atoms with Crippen LogP contribution in [0.3, 0.4) is 0 Å². The van der Waals surface area contributed by atoms with E-state index in [1.165, 1.54) is 5.82 Å². The van der Waals surface area contributed by atoms with Crippen LogP contribution in [0.15, 0.2) is 47.4 Å². The Morgan fingerprint density at radius 2 is 2.03 bits per heavy atom. The van der Waals surface area contributed by atoms with Gasteiger partial charge in [0.05, 0.1) is 28.9 Å². The maximum Gasteiger partial charge on any atom is 0.129 e. The smallest absolute Gasteiger partial charge is 0.129 e. The van der Waals surface area contributed by atoms with Gasteiger partial charge in [0.15, 0.2) is 0 Å². The zero-order valence-electron chi connectivity index (χ0n) is 18.2. The van der Waals surface area contributed by atoms with E-state index in [0.29, 0.717) is 5.02 Å². The quantitative estimate of drug-likeness (QED) is 0.772. The Kier molecular flexibility index (Phi) is 6.01. The summed E-state index contributed by atoms with van der Waals surface area (Å²) in [5.74, 6) is 2.34. The van der Waals surface area contributed by atoms with Crippen LogP contribution in [0.25, 0.3) is 0 Å². The number of aliphatic imine (C=N–C) groups is 1. The van der Waals surface area contributed by atoms with E-state index in [2.05, 4.69) is 50.3 Å². The third-order valence-electron chi connectivity index (χ3n) is 6.88. The van der Waals surface area contributed by atoms with Crippen LogP contribution in [0.5, 0.6) is 0 Å². The first kappa shape index (κ1) is 20.9. The number of piperazine rings is 1. The molecule has 0 bridgehead atoms. The summed E-state index contributed by atoms with van der Waals surface area (Å²) < 4.78 is 5.81. The van der Waals surface area contributed by atoms with Crippen LogP contribution < -0.4 is 5.32 Å². The van der Waals surface area contributed by atoms with Gasteiger partial charge >= 0.3 is 0 Å². The minimum absolute atomic E-state index is 0.0680.